The van der Waals surface area contributed by atoms with Crippen molar-refractivity contribution in [2.45, 2.75) is 39.0 Å². The molecule has 116 valence electrons. The number of Topliss-reactive ketones (excluding diaryl/α,β-unsaturated/α-hetero) is 1. The molecule has 1 unspecified atom stereocenters. The predicted molar refractivity (Wildman–Crippen MR) is 82.8 cm³/mol. The van der Waals surface area contributed by atoms with E-state index in [4.69, 9.17) is 0 Å². The van der Waals surface area contributed by atoms with Crippen molar-refractivity contribution in [2.24, 2.45) is 5.92 Å². The number of nitrogens with zero attached hydrogens (tertiary/aromatic N) is 1. The third-order valence-electron chi connectivity index (χ3n) is 4.30. The molecule has 0 amide bonds. The van der Waals surface area contributed by atoms with Crippen LogP contribution in [-0.2, 0) is 0 Å². The lowest BCUT2D eigenvalue weighted by atomic mass is 9.96. The molecule has 0 aliphatic carbocycles. The lowest BCUT2D eigenvalue weighted by Gasteiger charge is -2.19. The van der Waals surface area contributed by atoms with Crippen molar-refractivity contribution in [3.05, 3.63) is 23.8 Å². The van der Waals surface area contributed by atoms with Gasteiger partial charge in [0.05, 0.1) is 6.54 Å². The first kappa shape index (κ1) is 15.8. The summed E-state index contributed by atoms with van der Waals surface area (Å²) in [5, 5.41) is 18.8. The topological polar surface area (TPSA) is 60.8 Å². The molecule has 1 aromatic carbocycles. The van der Waals surface area contributed by atoms with Gasteiger partial charge in [-0.25, -0.2) is 0 Å². The smallest absolute Gasteiger partial charge is 0.176 e. The van der Waals surface area contributed by atoms with E-state index in [0.717, 1.165) is 25.4 Å². The standard InChI is InChI=1S/C17H25NO3/c1-2-4-13-5-3-9-18(10-8-13)12-17(21)14-6-7-15(19)16(20)11-14/h6-7,11,13,19-20H,2-5,8-10,12H2,1H3. The first-order valence-electron chi connectivity index (χ1n) is 7.87. The van der Waals surface area contributed by atoms with Gasteiger partial charge in [0.25, 0.3) is 0 Å². The van der Waals surface area contributed by atoms with Crippen LogP contribution in [0.25, 0.3) is 0 Å². The molecule has 2 rings (SSSR count). The molecule has 0 radical (unpaired) electrons. The average Bonchev–Trinajstić information content (AvgIpc) is 2.68. The van der Waals surface area contributed by atoms with Crippen molar-refractivity contribution in [3.63, 3.8) is 0 Å². The molecular weight excluding hydrogens is 266 g/mol. The highest BCUT2D eigenvalue weighted by Gasteiger charge is 2.19. The second kappa shape index (κ2) is 7.46. The molecule has 0 aromatic heterocycles. The van der Waals surface area contributed by atoms with E-state index >= 15 is 0 Å². The van der Waals surface area contributed by atoms with Gasteiger partial charge in [-0.2, -0.15) is 0 Å². The summed E-state index contributed by atoms with van der Waals surface area (Å²) in [6.07, 6.45) is 6.10. The lowest BCUT2D eigenvalue weighted by molar-refractivity contribution is 0.0931. The zero-order chi connectivity index (χ0) is 15.2. The summed E-state index contributed by atoms with van der Waals surface area (Å²) in [6, 6.07) is 4.27. The van der Waals surface area contributed by atoms with Gasteiger partial charge in [0.1, 0.15) is 0 Å². The molecule has 1 aliphatic heterocycles. The van der Waals surface area contributed by atoms with E-state index in [1.165, 1.54) is 37.8 Å². The van der Waals surface area contributed by atoms with Gasteiger partial charge in [-0.05, 0) is 56.5 Å². The molecular formula is C17H25NO3. The summed E-state index contributed by atoms with van der Waals surface area (Å²) in [5.74, 6) is 0.371. The maximum absolute atomic E-state index is 12.3. The zero-order valence-electron chi connectivity index (χ0n) is 12.7. The van der Waals surface area contributed by atoms with Crippen LogP contribution in [0.3, 0.4) is 0 Å². The summed E-state index contributed by atoms with van der Waals surface area (Å²) in [7, 11) is 0. The SMILES string of the molecule is CCCC1CCCN(CC(=O)c2ccc(O)c(O)c2)CC1. The largest absolute Gasteiger partial charge is 0.504 e. The van der Waals surface area contributed by atoms with Crippen molar-refractivity contribution in [2.75, 3.05) is 19.6 Å². The van der Waals surface area contributed by atoms with Crippen molar-refractivity contribution in [3.8, 4) is 11.5 Å². The number of likely N-dealkylation sites (tertiary alicyclic amines) is 1. The van der Waals surface area contributed by atoms with Crippen LogP contribution in [0.4, 0.5) is 0 Å². The Morgan fingerprint density at radius 3 is 2.76 bits per heavy atom. The number of rotatable bonds is 5. The molecule has 1 saturated heterocycles. The van der Waals surface area contributed by atoms with Crippen LogP contribution in [-0.4, -0.2) is 40.5 Å². The molecule has 4 nitrogen and oxygen atoms in total. The number of hydrogen-bond donors (Lipinski definition) is 2. The van der Waals surface area contributed by atoms with Crippen LogP contribution >= 0.6 is 0 Å². The molecule has 21 heavy (non-hydrogen) atoms. The average molecular weight is 291 g/mol. The molecule has 0 bridgehead atoms. The number of carbonyl (C=O) groups is 1. The number of hydrogen-bond acceptors (Lipinski definition) is 4. The monoisotopic (exact) mass is 291 g/mol. The van der Waals surface area contributed by atoms with Crippen LogP contribution < -0.4 is 0 Å². The van der Waals surface area contributed by atoms with Gasteiger partial charge in [0, 0.05) is 5.56 Å². The zero-order valence-corrected chi connectivity index (χ0v) is 12.7. The fourth-order valence-corrected chi connectivity index (χ4v) is 3.07. The number of aromatic hydroxyl groups is 2. The molecule has 0 spiro atoms. The third kappa shape index (κ3) is 4.46. The third-order valence-corrected chi connectivity index (χ3v) is 4.30. The number of phenols is 2. The minimum absolute atomic E-state index is 0.000702. The van der Waals surface area contributed by atoms with E-state index in [9.17, 15) is 15.0 Å². The number of ketones is 1. The van der Waals surface area contributed by atoms with Gasteiger partial charge < -0.3 is 10.2 Å². The maximum atomic E-state index is 12.3. The summed E-state index contributed by atoms with van der Waals surface area (Å²) >= 11 is 0. The molecule has 1 atom stereocenters. The van der Waals surface area contributed by atoms with Gasteiger partial charge >= 0.3 is 0 Å². The quantitative estimate of drug-likeness (QED) is 0.646. The Bertz CT molecular complexity index is 487. The Kier molecular flexibility index (Phi) is 5.62. The highest BCUT2D eigenvalue weighted by atomic mass is 16.3. The second-order valence-corrected chi connectivity index (χ2v) is 5.99. The lowest BCUT2D eigenvalue weighted by Crippen LogP contribution is -2.31. The molecule has 2 N–H and O–H groups in total. The van der Waals surface area contributed by atoms with Crippen LogP contribution in [0.2, 0.25) is 0 Å². The number of carbonyl (C=O) groups excluding carboxylic acids is 1. The van der Waals surface area contributed by atoms with E-state index < -0.39 is 0 Å². The first-order chi connectivity index (χ1) is 10.1. The minimum Gasteiger partial charge on any atom is -0.504 e. The molecule has 1 aliphatic rings. The van der Waals surface area contributed by atoms with E-state index in [1.807, 2.05) is 0 Å². The molecule has 1 aromatic rings. The van der Waals surface area contributed by atoms with E-state index in [2.05, 4.69) is 11.8 Å². The molecule has 4 heteroatoms. The Morgan fingerprint density at radius 1 is 1.24 bits per heavy atom. The predicted octanol–water partition coefficient (Wildman–Crippen LogP) is 3.18. The van der Waals surface area contributed by atoms with Gasteiger partial charge in [0.2, 0.25) is 0 Å². The Hall–Kier alpha value is -1.55. The van der Waals surface area contributed by atoms with Crippen LogP contribution in [0.15, 0.2) is 18.2 Å². The van der Waals surface area contributed by atoms with Crippen molar-refractivity contribution in [1.82, 2.24) is 4.90 Å². The minimum atomic E-state index is -0.236. The van der Waals surface area contributed by atoms with E-state index in [1.54, 1.807) is 6.07 Å². The summed E-state index contributed by atoms with van der Waals surface area (Å²) in [4.78, 5) is 14.5. The van der Waals surface area contributed by atoms with Gasteiger partial charge in [-0.1, -0.05) is 19.8 Å². The maximum Gasteiger partial charge on any atom is 0.176 e. The van der Waals surface area contributed by atoms with Crippen LogP contribution in [0, 0.1) is 5.92 Å². The van der Waals surface area contributed by atoms with Crippen LogP contribution in [0.5, 0.6) is 11.5 Å². The fourth-order valence-electron chi connectivity index (χ4n) is 3.07. The number of phenolic OH excluding ortho intramolecular Hbond substituents is 2. The first-order valence-corrected chi connectivity index (χ1v) is 7.87. The molecule has 1 heterocycles. The van der Waals surface area contributed by atoms with Crippen molar-refractivity contribution < 1.29 is 15.0 Å². The molecule has 1 fully saturated rings. The highest BCUT2D eigenvalue weighted by molar-refractivity contribution is 5.98. The van der Waals surface area contributed by atoms with E-state index in [0.29, 0.717) is 12.1 Å². The summed E-state index contributed by atoms with van der Waals surface area (Å²) in [6.45, 7) is 4.56. The van der Waals surface area contributed by atoms with E-state index in [-0.39, 0.29) is 17.3 Å². The van der Waals surface area contributed by atoms with Gasteiger partial charge in [-0.3, -0.25) is 9.69 Å². The normalized spacial score (nSPS) is 20.1. The Labute approximate surface area is 126 Å². The highest BCUT2D eigenvalue weighted by Crippen LogP contribution is 2.26. The fraction of sp³-hybridized carbons (Fsp3) is 0.588. The van der Waals surface area contributed by atoms with Gasteiger partial charge in [-0.15, -0.1) is 0 Å². The van der Waals surface area contributed by atoms with Crippen molar-refractivity contribution >= 4 is 5.78 Å². The Balaban J connectivity index is 1.91. The van der Waals surface area contributed by atoms with Crippen LogP contribution in [0.1, 0.15) is 49.4 Å². The molecule has 0 saturated carbocycles. The number of benzene rings is 1. The summed E-state index contributed by atoms with van der Waals surface area (Å²) < 4.78 is 0. The Morgan fingerprint density at radius 2 is 2.05 bits per heavy atom. The second-order valence-electron chi connectivity index (χ2n) is 5.99. The van der Waals surface area contributed by atoms with Gasteiger partial charge in [0.15, 0.2) is 17.3 Å². The summed E-state index contributed by atoms with van der Waals surface area (Å²) in [5.41, 5.74) is 0.458. The van der Waals surface area contributed by atoms with Crippen molar-refractivity contribution in [1.29, 1.82) is 0 Å².